The summed E-state index contributed by atoms with van der Waals surface area (Å²) in [5, 5.41) is 0.406. The Bertz CT molecular complexity index is 464. The van der Waals surface area contributed by atoms with Crippen molar-refractivity contribution in [3.05, 3.63) is 23.9 Å². The van der Waals surface area contributed by atoms with Crippen molar-refractivity contribution in [2.24, 2.45) is 0 Å². The average Bonchev–Trinajstić information content (AvgIpc) is 2.35. The van der Waals surface area contributed by atoms with Gasteiger partial charge in [-0.2, -0.15) is 13.2 Å². The maximum Gasteiger partial charge on any atom is 0.417 e. The van der Waals surface area contributed by atoms with E-state index in [9.17, 15) is 18.0 Å². The van der Waals surface area contributed by atoms with Crippen LogP contribution in [0.4, 0.5) is 13.2 Å². The lowest BCUT2D eigenvalue weighted by Gasteiger charge is -2.30. The highest BCUT2D eigenvalue weighted by atomic mass is 32.2. The first kappa shape index (κ1) is 17.8. The second-order valence-electron chi connectivity index (χ2n) is 5.16. The molecule has 1 aromatic heterocycles. The van der Waals surface area contributed by atoms with Crippen molar-refractivity contribution in [3.8, 4) is 0 Å². The summed E-state index contributed by atoms with van der Waals surface area (Å²) in [5.74, 6) is 0.112. The molecule has 0 saturated heterocycles. The van der Waals surface area contributed by atoms with E-state index in [-0.39, 0.29) is 23.7 Å². The van der Waals surface area contributed by atoms with Crippen molar-refractivity contribution in [2.75, 3.05) is 5.75 Å². The van der Waals surface area contributed by atoms with E-state index in [0.29, 0.717) is 5.03 Å². The fourth-order valence-electron chi connectivity index (χ4n) is 2.02. The summed E-state index contributed by atoms with van der Waals surface area (Å²) in [7, 11) is 0. The van der Waals surface area contributed by atoms with E-state index >= 15 is 0 Å². The highest BCUT2D eigenvalue weighted by Gasteiger charge is 2.30. The number of thioether (sulfide) groups is 1. The molecule has 0 unspecified atom stereocenters. The number of rotatable bonds is 5. The topological polar surface area (TPSA) is 33.2 Å². The van der Waals surface area contributed by atoms with Gasteiger partial charge in [0.2, 0.25) is 5.91 Å². The van der Waals surface area contributed by atoms with Crippen LogP contribution < -0.4 is 0 Å². The van der Waals surface area contributed by atoms with Crippen molar-refractivity contribution < 1.29 is 18.0 Å². The molecule has 1 aromatic rings. The molecule has 1 rings (SSSR count). The van der Waals surface area contributed by atoms with Gasteiger partial charge in [-0.3, -0.25) is 4.79 Å². The molecule has 0 saturated carbocycles. The quantitative estimate of drug-likeness (QED) is 0.773. The number of halogens is 3. The molecule has 7 heteroatoms. The van der Waals surface area contributed by atoms with Crippen molar-refractivity contribution >= 4 is 17.7 Å². The third-order valence-corrected chi connectivity index (χ3v) is 3.74. The smallest absolute Gasteiger partial charge is 0.337 e. The van der Waals surface area contributed by atoms with Crippen LogP contribution in [0.15, 0.2) is 23.4 Å². The van der Waals surface area contributed by atoms with Crippen molar-refractivity contribution in [1.29, 1.82) is 0 Å². The number of aromatic nitrogens is 1. The molecule has 0 radical (unpaired) electrons. The predicted octanol–water partition coefficient (Wildman–Crippen LogP) is 3.84. The number of amides is 1. The minimum Gasteiger partial charge on any atom is -0.337 e. The zero-order chi connectivity index (χ0) is 16.2. The van der Waals surface area contributed by atoms with Crippen LogP contribution in [-0.2, 0) is 11.0 Å². The van der Waals surface area contributed by atoms with Crippen LogP contribution in [0, 0.1) is 0 Å². The second-order valence-corrected chi connectivity index (χ2v) is 6.16. The fourth-order valence-corrected chi connectivity index (χ4v) is 2.73. The number of carbonyl (C=O) groups is 1. The van der Waals surface area contributed by atoms with Gasteiger partial charge in [0.05, 0.1) is 16.3 Å². The molecule has 0 aromatic carbocycles. The molecule has 118 valence electrons. The Balaban J connectivity index is 2.65. The van der Waals surface area contributed by atoms with Crippen LogP contribution in [0.1, 0.15) is 33.3 Å². The van der Waals surface area contributed by atoms with Gasteiger partial charge in [-0.1, -0.05) is 11.8 Å². The van der Waals surface area contributed by atoms with Crippen LogP contribution in [0.5, 0.6) is 0 Å². The van der Waals surface area contributed by atoms with Gasteiger partial charge in [-0.05, 0) is 39.8 Å². The predicted molar refractivity (Wildman–Crippen MR) is 77.1 cm³/mol. The first-order valence-corrected chi connectivity index (χ1v) is 7.58. The number of alkyl halides is 3. The highest BCUT2D eigenvalue weighted by Crippen LogP contribution is 2.29. The molecule has 3 nitrogen and oxygen atoms in total. The molecule has 0 bridgehead atoms. The minimum absolute atomic E-state index is 0.0494. The summed E-state index contributed by atoms with van der Waals surface area (Å²) >= 11 is 1.14. The molecule has 0 fully saturated rings. The van der Waals surface area contributed by atoms with E-state index in [4.69, 9.17) is 0 Å². The summed E-state index contributed by atoms with van der Waals surface area (Å²) in [6.45, 7) is 7.72. The number of hydrogen-bond donors (Lipinski definition) is 0. The highest BCUT2D eigenvalue weighted by molar-refractivity contribution is 7.99. The lowest BCUT2D eigenvalue weighted by molar-refractivity contribution is -0.138. The maximum atomic E-state index is 12.4. The van der Waals surface area contributed by atoms with Crippen molar-refractivity contribution in [3.63, 3.8) is 0 Å². The van der Waals surface area contributed by atoms with Gasteiger partial charge >= 0.3 is 6.18 Å². The summed E-state index contributed by atoms with van der Waals surface area (Å²) in [6, 6.07) is 2.43. The fraction of sp³-hybridized carbons (Fsp3) is 0.571. The Hall–Kier alpha value is -1.24. The van der Waals surface area contributed by atoms with Crippen LogP contribution in [0.25, 0.3) is 0 Å². The molecule has 0 aliphatic rings. The van der Waals surface area contributed by atoms with Gasteiger partial charge in [0.25, 0.3) is 0 Å². The van der Waals surface area contributed by atoms with Gasteiger partial charge in [-0.25, -0.2) is 4.98 Å². The summed E-state index contributed by atoms with van der Waals surface area (Å²) in [5.41, 5.74) is -0.788. The average molecular weight is 320 g/mol. The molecule has 0 N–H and O–H groups in total. The Morgan fingerprint density at radius 3 is 2.19 bits per heavy atom. The van der Waals surface area contributed by atoms with Crippen LogP contribution in [-0.4, -0.2) is 33.6 Å². The molecular formula is C14H19F3N2OS. The zero-order valence-electron chi connectivity index (χ0n) is 12.4. The van der Waals surface area contributed by atoms with E-state index < -0.39 is 11.7 Å². The molecule has 0 aliphatic heterocycles. The van der Waals surface area contributed by atoms with Crippen LogP contribution >= 0.6 is 11.8 Å². The van der Waals surface area contributed by atoms with Crippen molar-refractivity contribution in [2.45, 2.75) is 51.0 Å². The SMILES string of the molecule is CC(C)N(C(=O)CSc1ccc(C(F)(F)F)cn1)C(C)C. The van der Waals surface area contributed by atoms with Gasteiger partial charge in [0, 0.05) is 18.3 Å². The van der Waals surface area contributed by atoms with Gasteiger partial charge in [0.1, 0.15) is 0 Å². The standard InChI is InChI=1S/C14H19F3N2OS/c1-9(2)19(10(3)4)13(20)8-21-12-6-5-11(7-18-12)14(15,16)17/h5-7,9-10H,8H2,1-4H3. The molecular weight excluding hydrogens is 301 g/mol. The Morgan fingerprint density at radius 1 is 1.24 bits per heavy atom. The number of pyridine rings is 1. The molecule has 21 heavy (non-hydrogen) atoms. The van der Waals surface area contributed by atoms with E-state index in [1.54, 1.807) is 4.90 Å². The maximum absolute atomic E-state index is 12.4. The monoisotopic (exact) mass is 320 g/mol. The van der Waals surface area contributed by atoms with Gasteiger partial charge in [-0.15, -0.1) is 0 Å². The van der Waals surface area contributed by atoms with E-state index in [1.807, 2.05) is 27.7 Å². The third-order valence-electron chi connectivity index (χ3n) is 2.81. The Kier molecular flexibility index (Phi) is 6.07. The van der Waals surface area contributed by atoms with E-state index in [1.165, 1.54) is 6.07 Å². The summed E-state index contributed by atoms with van der Waals surface area (Å²) in [4.78, 5) is 17.6. The van der Waals surface area contributed by atoms with Crippen LogP contribution in [0.3, 0.4) is 0 Å². The Morgan fingerprint density at radius 2 is 1.81 bits per heavy atom. The van der Waals surface area contributed by atoms with Gasteiger partial charge < -0.3 is 4.90 Å². The molecule has 1 heterocycles. The van der Waals surface area contributed by atoms with Gasteiger partial charge in [0.15, 0.2) is 0 Å². The lowest BCUT2D eigenvalue weighted by atomic mass is 10.2. The van der Waals surface area contributed by atoms with E-state index in [0.717, 1.165) is 24.0 Å². The van der Waals surface area contributed by atoms with Crippen molar-refractivity contribution in [1.82, 2.24) is 9.88 Å². The zero-order valence-corrected chi connectivity index (χ0v) is 13.3. The molecule has 0 aliphatic carbocycles. The number of nitrogens with zero attached hydrogens (tertiary/aromatic N) is 2. The summed E-state index contributed by atoms with van der Waals surface area (Å²) in [6.07, 6.45) is -3.60. The normalized spacial score (nSPS) is 12.0. The largest absolute Gasteiger partial charge is 0.417 e. The number of hydrogen-bond acceptors (Lipinski definition) is 3. The first-order valence-electron chi connectivity index (χ1n) is 6.60. The first-order chi connectivity index (χ1) is 9.62. The van der Waals surface area contributed by atoms with Crippen LogP contribution in [0.2, 0.25) is 0 Å². The Labute approximate surface area is 126 Å². The molecule has 0 spiro atoms. The van der Waals surface area contributed by atoms with E-state index in [2.05, 4.69) is 4.98 Å². The molecule has 1 amide bonds. The third kappa shape index (κ3) is 5.22. The molecule has 0 atom stereocenters. The lowest BCUT2D eigenvalue weighted by Crippen LogP contribution is -2.43. The number of carbonyl (C=O) groups excluding carboxylic acids is 1. The minimum atomic E-state index is -4.39. The summed E-state index contributed by atoms with van der Waals surface area (Å²) < 4.78 is 37.2. The second kappa shape index (κ2) is 7.15.